The van der Waals surface area contributed by atoms with Crippen molar-refractivity contribution >= 4 is 22.5 Å². The van der Waals surface area contributed by atoms with Crippen LogP contribution >= 0.6 is 0 Å². The molecule has 0 aliphatic carbocycles. The number of fused-ring (bicyclic) bond motifs is 1. The van der Waals surface area contributed by atoms with Crippen LogP contribution in [-0.2, 0) is 11.2 Å². The van der Waals surface area contributed by atoms with Crippen molar-refractivity contribution in [3.05, 3.63) is 84.6 Å². The number of nitrogens with one attached hydrogen (secondary N) is 2. The number of carbonyl (C=O) groups excluding carboxylic acids is 1. The molecule has 0 unspecified atom stereocenters. The van der Waals surface area contributed by atoms with E-state index in [4.69, 9.17) is 4.74 Å². The van der Waals surface area contributed by atoms with Gasteiger partial charge in [0.05, 0.1) is 18.1 Å². The van der Waals surface area contributed by atoms with Gasteiger partial charge in [-0.3, -0.25) is 9.89 Å². The van der Waals surface area contributed by atoms with Gasteiger partial charge in [0, 0.05) is 11.1 Å². The van der Waals surface area contributed by atoms with E-state index in [1.165, 1.54) is 0 Å². The van der Waals surface area contributed by atoms with Crippen molar-refractivity contribution in [1.82, 2.24) is 10.2 Å². The van der Waals surface area contributed by atoms with E-state index in [-0.39, 0.29) is 5.91 Å². The lowest BCUT2D eigenvalue weighted by Crippen LogP contribution is -2.14. The highest BCUT2D eigenvalue weighted by Gasteiger charge is 2.06. The van der Waals surface area contributed by atoms with Crippen LogP contribution in [0.25, 0.3) is 10.9 Å². The summed E-state index contributed by atoms with van der Waals surface area (Å²) < 4.78 is 5.76. The standard InChI is InChI=1S/C21H17N3O2/c25-21(23-17-8-11-20-16(13-17)14-22-24-20)12-15-6-9-19(10-7-15)26-18-4-2-1-3-5-18/h1-11,13-14H,12H2,(H,22,24)(H,23,25). The maximum Gasteiger partial charge on any atom is 0.228 e. The van der Waals surface area contributed by atoms with Crippen molar-refractivity contribution in [2.45, 2.75) is 6.42 Å². The van der Waals surface area contributed by atoms with Gasteiger partial charge in [-0.05, 0) is 48.0 Å². The number of hydrogen-bond donors (Lipinski definition) is 2. The molecule has 2 N–H and O–H groups in total. The second-order valence-electron chi connectivity index (χ2n) is 5.96. The number of ether oxygens (including phenoxy) is 1. The molecule has 1 heterocycles. The molecule has 4 aromatic rings. The van der Waals surface area contributed by atoms with Crippen LogP contribution in [-0.4, -0.2) is 16.1 Å². The van der Waals surface area contributed by atoms with Crippen molar-refractivity contribution < 1.29 is 9.53 Å². The highest BCUT2D eigenvalue weighted by Crippen LogP contribution is 2.21. The van der Waals surface area contributed by atoms with E-state index in [1.54, 1.807) is 6.20 Å². The number of nitrogens with zero attached hydrogens (tertiary/aromatic N) is 1. The van der Waals surface area contributed by atoms with Gasteiger partial charge in [0.25, 0.3) is 0 Å². The lowest BCUT2D eigenvalue weighted by Gasteiger charge is -2.08. The van der Waals surface area contributed by atoms with E-state index in [9.17, 15) is 4.79 Å². The van der Waals surface area contributed by atoms with E-state index >= 15 is 0 Å². The predicted molar refractivity (Wildman–Crippen MR) is 101 cm³/mol. The van der Waals surface area contributed by atoms with Crippen LogP contribution < -0.4 is 10.1 Å². The van der Waals surface area contributed by atoms with Crippen molar-refractivity contribution in [3.8, 4) is 11.5 Å². The zero-order valence-electron chi connectivity index (χ0n) is 14.0. The summed E-state index contributed by atoms with van der Waals surface area (Å²) in [4.78, 5) is 12.3. The fraction of sp³-hybridized carbons (Fsp3) is 0.0476. The smallest absolute Gasteiger partial charge is 0.228 e. The Hall–Kier alpha value is -3.60. The van der Waals surface area contributed by atoms with Gasteiger partial charge in [0.1, 0.15) is 11.5 Å². The van der Waals surface area contributed by atoms with Crippen LogP contribution in [0.3, 0.4) is 0 Å². The highest BCUT2D eigenvalue weighted by molar-refractivity contribution is 5.94. The topological polar surface area (TPSA) is 67.0 Å². The molecule has 0 atom stereocenters. The van der Waals surface area contributed by atoms with E-state index < -0.39 is 0 Å². The van der Waals surface area contributed by atoms with Crippen LogP contribution in [0.15, 0.2) is 79.0 Å². The van der Waals surface area contributed by atoms with E-state index in [2.05, 4.69) is 15.5 Å². The molecule has 0 spiro atoms. The monoisotopic (exact) mass is 343 g/mol. The highest BCUT2D eigenvalue weighted by atomic mass is 16.5. The SMILES string of the molecule is O=C(Cc1ccc(Oc2ccccc2)cc1)Nc1ccc2[nH]ncc2c1. The molecule has 4 rings (SSSR count). The third kappa shape index (κ3) is 3.72. The van der Waals surface area contributed by atoms with Crippen molar-refractivity contribution in [2.75, 3.05) is 5.32 Å². The van der Waals surface area contributed by atoms with E-state index in [0.717, 1.165) is 33.7 Å². The number of rotatable bonds is 5. The second kappa shape index (κ2) is 7.11. The number of aromatic amines is 1. The Balaban J connectivity index is 1.38. The lowest BCUT2D eigenvalue weighted by molar-refractivity contribution is -0.115. The van der Waals surface area contributed by atoms with Gasteiger partial charge >= 0.3 is 0 Å². The van der Waals surface area contributed by atoms with Gasteiger partial charge in [-0.2, -0.15) is 5.10 Å². The Kier molecular flexibility index (Phi) is 4.35. The molecular formula is C21H17N3O2. The zero-order valence-corrected chi connectivity index (χ0v) is 14.0. The largest absolute Gasteiger partial charge is 0.457 e. The molecule has 1 amide bonds. The van der Waals surface area contributed by atoms with E-state index in [1.807, 2.05) is 72.8 Å². The number of carbonyl (C=O) groups is 1. The van der Waals surface area contributed by atoms with Crippen LogP contribution in [0, 0.1) is 0 Å². The Labute approximate surface area is 150 Å². The van der Waals surface area contributed by atoms with Gasteiger partial charge < -0.3 is 10.1 Å². The first-order valence-electron chi connectivity index (χ1n) is 8.31. The first kappa shape index (κ1) is 15.9. The molecule has 0 aliphatic heterocycles. The Bertz CT molecular complexity index is 1020. The number of H-pyrrole nitrogens is 1. The minimum absolute atomic E-state index is 0.0652. The van der Waals surface area contributed by atoms with Gasteiger partial charge in [0.15, 0.2) is 0 Å². The fourth-order valence-electron chi connectivity index (χ4n) is 2.71. The number of para-hydroxylation sites is 1. The zero-order chi connectivity index (χ0) is 17.8. The number of amides is 1. The third-order valence-corrected chi connectivity index (χ3v) is 3.99. The number of benzene rings is 3. The van der Waals surface area contributed by atoms with Crippen LogP contribution in [0.2, 0.25) is 0 Å². The average molecular weight is 343 g/mol. The van der Waals surface area contributed by atoms with Gasteiger partial charge in [-0.1, -0.05) is 30.3 Å². The molecule has 0 aliphatic rings. The molecule has 0 radical (unpaired) electrons. The number of hydrogen-bond acceptors (Lipinski definition) is 3. The molecule has 1 aromatic heterocycles. The summed E-state index contributed by atoms with van der Waals surface area (Å²) in [5.41, 5.74) is 2.62. The average Bonchev–Trinajstić information content (AvgIpc) is 3.12. The van der Waals surface area contributed by atoms with Crippen LogP contribution in [0.4, 0.5) is 5.69 Å². The second-order valence-corrected chi connectivity index (χ2v) is 5.96. The summed E-state index contributed by atoms with van der Waals surface area (Å²) in [6.07, 6.45) is 2.03. The summed E-state index contributed by atoms with van der Waals surface area (Å²) in [5, 5.41) is 10.7. The summed E-state index contributed by atoms with van der Waals surface area (Å²) in [6, 6.07) is 22.8. The van der Waals surface area contributed by atoms with Gasteiger partial charge in [-0.25, -0.2) is 0 Å². The molecule has 3 aromatic carbocycles. The van der Waals surface area contributed by atoms with Crippen molar-refractivity contribution in [2.24, 2.45) is 0 Å². The summed E-state index contributed by atoms with van der Waals surface area (Å²) >= 11 is 0. The van der Waals surface area contributed by atoms with E-state index in [0.29, 0.717) is 6.42 Å². The molecular weight excluding hydrogens is 326 g/mol. The lowest BCUT2D eigenvalue weighted by atomic mass is 10.1. The van der Waals surface area contributed by atoms with Gasteiger partial charge in [-0.15, -0.1) is 0 Å². The number of anilines is 1. The first-order chi connectivity index (χ1) is 12.8. The molecule has 5 nitrogen and oxygen atoms in total. The Morgan fingerprint density at radius 1 is 0.962 bits per heavy atom. The summed E-state index contributed by atoms with van der Waals surface area (Å²) in [6.45, 7) is 0. The Morgan fingerprint density at radius 2 is 1.73 bits per heavy atom. The van der Waals surface area contributed by atoms with Crippen LogP contribution in [0.1, 0.15) is 5.56 Å². The van der Waals surface area contributed by atoms with Crippen molar-refractivity contribution in [1.29, 1.82) is 0 Å². The van der Waals surface area contributed by atoms with Crippen LogP contribution in [0.5, 0.6) is 11.5 Å². The normalized spacial score (nSPS) is 10.6. The third-order valence-electron chi connectivity index (χ3n) is 3.99. The minimum Gasteiger partial charge on any atom is -0.457 e. The molecule has 5 heteroatoms. The number of aromatic nitrogens is 2. The fourth-order valence-corrected chi connectivity index (χ4v) is 2.71. The molecule has 0 bridgehead atoms. The maximum atomic E-state index is 12.3. The maximum absolute atomic E-state index is 12.3. The summed E-state index contributed by atoms with van der Waals surface area (Å²) in [7, 11) is 0. The molecule has 0 saturated carbocycles. The van der Waals surface area contributed by atoms with Gasteiger partial charge in [0.2, 0.25) is 5.91 Å². The molecule has 0 fully saturated rings. The Morgan fingerprint density at radius 3 is 2.54 bits per heavy atom. The molecule has 0 saturated heterocycles. The van der Waals surface area contributed by atoms with Crippen molar-refractivity contribution in [3.63, 3.8) is 0 Å². The summed E-state index contributed by atoms with van der Waals surface area (Å²) in [5.74, 6) is 1.46. The predicted octanol–water partition coefficient (Wildman–Crippen LogP) is 4.54. The molecule has 128 valence electrons. The quantitative estimate of drug-likeness (QED) is 0.559. The first-order valence-corrected chi connectivity index (χ1v) is 8.31. The molecule has 26 heavy (non-hydrogen) atoms. The minimum atomic E-state index is -0.0652.